The second-order valence-electron chi connectivity index (χ2n) is 6.51. The monoisotopic (exact) mass is 323 g/mol. The number of carbonyl (C=O) groups excluding carboxylic acids is 1. The SMILES string of the molecule is CN(C(=O)c1cccc(OCc2ccccc2)c1)C1CCCCC1. The predicted octanol–water partition coefficient (Wildman–Crippen LogP) is 4.67. The summed E-state index contributed by atoms with van der Waals surface area (Å²) in [4.78, 5) is 14.7. The van der Waals surface area contributed by atoms with Gasteiger partial charge in [0.2, 0.25) is 0 Å². The van der Waals surface area contributed by atoms with Crippen LogP contribution in [0, 0.1) is 0 Å². The molecule has 0 heterocycles. The molecule has 3 rings (SSSR count). The van der Waals surface area contributed by atoms with E-state index in [1.165, 1.54) is 19.3 Å². The quantitative estimate of drug-likeness (QED) is 0.800. The average molecular weight is 323 g/mol. The van der Waals surface area contributed by atoms with Gasteiger partial charge in [-0.05, 0) is 36.6 Å². The van der Waals surface area contributed by atoms with Crippen LogP contribution in [-0.2, 0) is 6.61 Å². The molecule has 0 aromatic heterocycles. The number of benzene rings is 2. The van der Waals surface area contributed by atoms with Gasteiger partial charge in [0.25, 0.3) is 5.91 Å². The maximum atomic E-state index is 12.7. The highest BCUT2D eigenvalue weighted by atomic mass is 16.5. The van der Waals surface area contributed by atoms with Gasteiger partial charge in [-0.15, -0.1) is 0 Å². The molecule has 0 unspecified atom stereocenters. The maximum absolute atomic E-state index is 12.7. The van der Waals surface area contributed by atoms with Crippen LogP contribution in [-0.4, -0.2) is 23.9 Å². The van der Waals surface area contributed by atoms with E-state index >= 15 is 0 Å². The molecular formula is C21H25NO2. The van der Waals surface area contributed by atoms with Crippen LogP contribution in [0.4, 0.5) is 0 Å². The lowest BCUT2D eigenvalue weighted by Crippen LogP contribution is -2.38. The van der Waals surface area contributed by atoms with E-state index in [0.29, 0.717) is 18.2 Å². The van der Waals surface area contributed by atoms with Crippen molar-refractivity contribution < 1.29 is 9.53 Å². The molecule has 3 nitrogen and oxygen atoms in total. The summed E-state index contributed by atoms with van der Waals surface area (Å²) in [7, 11) is 1.93. The van der Waals surface area contributed by atoms with Gasteiger partial charge >= 0.3 is 0 Å². The predicted molar refractivity (Wildman–Crippen MR) is 96.2 cm³/mol. The zero-order valence-electron chi connectivity index (χ0n) is 14.3. The smallest absolute Gasteiger partial charge is 0.253 e. The molecule has 0 spiro atoms. The Kier molecular flexibility index (Phi) is 5.52. The summed E-state index contributed by atoms with van der Waals surface area (Å²) in [6.07, 6.45) is 5.98. The minimum Gasteiger partial charge on any atom is -0.489 e. The van der Waals surface area contributed by atoms with E-state index in [4.69, 9.17) is 4.74 Å². The standard InChI is InChI=1S/C21H25NO2/c1-22(19-12-6-3-7-13-19)21(23)18-11-8-14-20(15-18)24-16-17-9-4-2-5-10-17/h2,4-5,8-11,14-15,19H,3,6-7,12-13,16H2,1H3. The topological polar surface area (TPSA) is 29.5 Å². The first-order valence-corrected chi connectivity index (χ1v) is 8.78. The number of nitrogens with zero attached hydrogens (tertiary/aromatic N) is 1. The van der Waals surface area contributed by atoms with E-state index in [0.717, 1.165) is 24.2 Å². The van der Waals surface area contributed by atoms with Crippen molar-refractivity contribution in [1.82, 2.24) is 4.90 Å². The number of ether oxygens (including phenoxy) is 1. The fourth-order valence-electron chi connectivity index (χ4n) is 3.30. The summed E-state index contributed by atoms with van der Waals surface area (Å²) in [5, 5.41) is 0. The van der Waals surface area contributed by atoms with Crippen LogP contribution >= 0.6 is 0 Å². The van der Waals surface area contributed by atoms with E-state index in [-0.39, 0.29) is 5.91 Å². The van der Waals surface area contributed by atoms with Gasteiger partial charge in [0.05, 0.1) is 0 Å². The van der Waals surface area contributed by atoms with Crippen molar-refractivity contribution in [1.29, 1.82) is 0 Å². The second-order valence-corrected chi connectivity index (χ2v) is 6.51. The van der Waals surface area contributed by atoms with Crippen LogP contribution in [0.15, 0.2) is 54.6 Å². The van der Waals surface area contributed by atoms with Crippen LogP contribution in [0.25, 0.3) is 0 Å². The van der Waals surface area contributed by atoms with Crippen LogP contribution in [0.5, 0.6) is 5.75 Å². The lowest BCUT2D eigenvalue weighted by molar-refractivity contribution is 0.0695. The van der Waals surface area contributed by atoms with Crippen LogP contribution in [0.2, 0.25) is 0 Å². The highest BCUT2D eigenvalue weighted by Crippen LogP contribution is 2.24. The van der Waals surface area contributed by atoms with Gasteiger partial charge in [0.15, 0.2) is 0 Å². The molecule has 1 fully saturated rings. The summed E-state index contributed by atoms with van der Waals surface area (Å²) in [6, 6.07) is 17.9. The van der Waals surface area contributed by atoms with E-state index in [1.807, 2.05) is 66.5 Å². The summed E-state index contributed by atoms with van der Waals surface area (Å²) < 4.78 is 5.84. The molecule has 0 radical (unpaired) electrons. The van der Waals surface area contributed by atoms with E-state index in [2.05, 4.69) is 0 Å². The first-order valence-electron chi connectivity index (χ1n) is 8.78. The number of hydrogen-bond donors (Lipinski definition) is 0. The summed E-state index contributed by atoms with van der Waals surface area (Å²) in [5.41, 5.74) is 1.82. The van der Waals surface area contributed by atoms with Crippen molar-refractivity contribution in [2.45, 2.75) is 44.8 Å². The number of hydrogen-bond acceptors (Lipinski definition) is 2. The van der Waals surface area contributed by atoms with Crippen molar-refractivity contribution in [3.05, 3.63) is 65.7 Å². The molecule has 3 heteroatoms. The Bertz CT molecular complexity index is 663. The van der Waals surface area contributed by atoms with Crippen molar-refractivity contribution >= 4 is 5.91 Å². The van der Waals surface area contributed by atoms with Gasteiger partial charge in [-0.2, -0.15) is 0 Å². The Balaban J connectivity index is 1.64. The van der Waals surface area contributed by atoms with Gasteiger partial charge in [-0.25, -0.2) is 0 Å². The Labute approximate surface area is 144 Å². The molecule has 0 aliphatic heterocycles. The minimum absolute atomic E-state index is 0.0899. The third kappa shape index (κ3) is 4.16. The van der Waals surface area contributed by atoms with E-state index in [9.17, 15) is 4.79 Å². The molecule has 0 bridgehead atoms. The fourth-order valence-corrected chi connectivity index (χ4v) is 3.30. The molecule has 2 aromatic rings. The molecule has 1 amide bonds. The molecule has 0 saturated heterocycles. The van der Waals surface area contributed by atoms with Crippen molar-refractivity contribution in [3.8, 4) is 5.75 Å². The summed E-state index contributed by atoms with van der Waals surface area (Å²) in [6.45, 7) is 0.511. The second kappa shape index (κ2) is 8.00. The third-order valence-corrected chi connectivity index (χ3v) is 4.77. The molecule has 1 aliphatic rings. The highest BCUT2D eigenvalue weighted by Gasteiger charge is 2.23. The Hall–Kier alpha value is -2.29. The Morgan fingerprint density at radius 2 is 1.79 bits per heavy atom. The zero-order chi connectivity index (χ0) is 16.8. The first kappa shape index (κ1) is 16.6. The summed E-state index contributed by atoms with van der Waals surface area (Å²) >= 11 is 0. The number of rotatable bonds is 5. The maximum Gasteiger partial charge on any atom is 0.253 e. The van der Waals surface area contributed by atoms with Gasteiger partial charge in [-0.3, -0.25) is 4.79 Å². The molecule has 2 aromatic carbocycles. The largest absolute Gasteiger partial charge is 0.489 e. The van der Waals surface area contributed by atoms with Crippen LogP contribution in [0.3, 0.4) is 0 Å². The van der Waals surface area contributed by atoms with Gasteiger partial charge in [0, 0.05) is 18.7 Å². The lowest BCUT2D eigenvalue weighted by Gasteiger charge is -2.31. The number of amides is 1. The highest BCUT2D eigenvalue weighted by molar-refractivity contribution is 5.94. The molecule has 1 saturated carbocycles. The molecule has 0 N–H and O–H groups in total. The van der Waals surface area contributed by atoms with E-state index in [1.54, 1.807) is 0 Å². The van der Waals surface area contributed by atoms with Crippen LogP contribution in [0.1, 0.15) is 48.0 Å². The molecular weight excluding hydrogens is 298 g/mol. The Morgan fingerprint density at radius 3 is 2.54 bits per heavy atom. The molecule has 0 atom stereocenters. The zero-order valence-corrected chi connectivity index (χ0v) is 14.3. The van der Waals surface area contributed by atoms with E-state index < -0.39 is 0 Å². The number of carbonyl (C=O) groups is 1. The third-order valence-electron chi connectivity index (χ3n) is 4.77. The van der Waals surface area contributed by atoms with Crippen molar-refractivity contribution in [3.63, 3.8) is 0 Å². The minimum atomic E-state index is 0.0899. The normalized spacial score (nSPS) is 15.0. The molecule has 24 heavy (non-hydrogen) atoms. The van der Waals surface area contributed by atoms with Crippen molar-refractivity contribution in [2.24, 2.45) is 0 Å². The first-order chi connectivity index (χ1) is 11.7. The van der Waals surface area contributed by atoms with Crippen LogP contribution < -0.4 is 4.74 Å². The fraction of sp³-hybridized carbons (Fsp3) is 0.381. The molecule has 126 valence electrons. The average Bonchev–Trinajstić information content (AvgIpc) is 2.67. The molecule has 1 aliphatic carbocycles. The van der Waals surface area contributed by atoms with Gasteiger partial charge in [0.1, 0.15) is 12.4 Å². The summed E-state index contributed by atoms with van der Waals surface area (Å²) in [5.74, 6) is 0.828. The van der Waals surface area contributed by atoms with Crippen molar-refractivity contribution in [2.75, 3.05) is 7.05 Å². The lowest BCUT2D eigenvalue weighted by atomic mass is 9.94. The van der Waals surface area contributed by atoms with Gasteiger partial charge < -0.3 is 9.64 Å². The Morgan fingerprint density at radius 1 is 1.04 bits per heavy atom. The van der Waals surface area contributed by atoms with Gasteiger partial charge in [-0.1, -0.05) is 55.7 Å².